The third-order valence-corrected chi connectivity index (χ3v) is 6.85. The maximum Gasteiger partial charge on any atom is 0.335 e. The highest BCUT2D eigenvalue weighted by Crippen LogP contribution is 2.35. The van der Waals surface area contributed by atoms with Gasteiger partial charge in [-0.3, -0.25) is 14.5 Å². The number of carbonyl (C=O) groups excluding carboxylic acids is 2. The molecule has 0 bridgehead atoms. The molecular weight excluding hydrogens is 501 g/mol. The Morgan fingerprint density at radius 2 is 1.78 bits per heavy atom. The summed E-state index contributed by atoms with van der Waals surface area (Å²) in [4.78, 5) is 43.3. The summed E-state index contributed by atoms with van der Waals surface area (Å²) in [5.41, 5.74) is 1.71. The zero-order chi connectivity index (χ0) is 25.9. The van der Waals surface area contributed by atoms with Crippen molar-refractivity contribution < 1.29 is 33.4 Å². The van der Waals surface area contributed by atoms with Gasteiger partial charge in [-0.2, -0.15) is 0 Å². The number of thioether (sulfide) groups is 1. The van der Waals surface area contributed by atoms with Crippen LogP contribution in [0.4, 0.5) is 15.8 Å². The van der Waals surface area contributed by atoms with E-state index >= 15 is 0 Å². The molecule has 37 heavy (non-hydrogen) atoms. The second kappa shape index (κ2) is 10.3. The molecule has 0 unspecified atom stereocenters. The van der Waals surface area contributed by atoms with Gasteiger partial charge in [0.15, 0.2) is 16.7 Å². The molecule has 11 heteroatoms. The van der Waals surface area contributed by atoms with E-state index in [1.807, 2.05) is 6.07 Å². The predicted octanol–water partition coefficient (Wildman–Crippen LogP) is 4.41. The number of fused-ring (bicyclic) bond motifs is 1. The van der Waals surface area contributed by atoms with E-state index in [1.54, 1.807) is 12.1 Å². The van der Waals surface area contributed by atoms with Crippen molar-refractivity contribution in [3.8, 4) is 11.5 Å². The Balaban J connectivity index is 1.38. The van der Waals surface area contributed by atoms with Gasteiger partial charge in [0.1, 0.15) is 11.1 Å². The van der Waals surface area contributed by atoms with E-state index in [9.17, 15) is 18.8 Å². The number of carbonyl (C=O) groups is 3. The molecule has 2 aliphatic rings. The normalized spacial score (nSPS) is 17.6. The lowest BCUT2D eigenvalue weighted by atomic mass is 10.1. The van der Waals surface area contributed by atoms with Crippen molar-refractivity contribution in [2.75, 3.05) is 12.1 Å². The lowest BCUT2D eigenvalue weighted by Crippen LogP contribution is -2.44. The van der Waals surface area contributed by atoms with Crippen LogP contribution in [0.5, 0.6) is 11.5 Å². The lowest BCUT2D eigenvalue weighted by Gasteiger charge is -2.32. The first kappa shape index (κ1) is 24.3. The van der Waals surface area contributed by atoms with Gasteiger partial charge >= 0.3 is 5.97 Å². The number of amidine groups is 1. The maximum absolute atomic E-state index is 13.4. The average Bonchev–Trinajstić information content (AvgIpc) is 3.35. The van der Waals surface area contributed by atoms with Crippen molar-refractivity contribution in [3.63, 3.8) is 0 Å². The largest absolute Gasteiger partial charge is 0.478 e. The molecule has 2 amide bonds. The number of amides is 2. The molecule has 188 valence electrons. The topological polar surface area (TPSA) is 118 Å². The monoisotopic (exact) mass is 521 g/mol. The molecule has 0 spiro atoms. The number of benzene rings is 3. The van der Waals surface area contributed by atoms with Gasteiger partial charge in [0.2, 0.25) is 18.6 Å². The number of hydrogen-bond donors (Lipinski definition) is 2. The van der Waals surface area contributed by atoms with Gasteiger partial charge in [0.05, 0.1) is 17.8 Å². The molecular formula is C26H20FN3O6S. The molecule has 2 heterocycles. The first-order chi connectivity index (χ1) is 17.9. The fourth-order valence-corrected chi connectivity index (χ4v) is 4.86. The Morgan fingerprint density at radius 1 is 1.05 bits per heavy atom. The number of halogens is 1. The lowest BCUT2D eigenvalue weighted by molar-refractivity contribution is -0.129. The Morgan fingerprint density at radius 3 is 2.51 bits per heavy atom. The average molecular weight is 522 g/mol. The summed E-state index contributed by atoms with van der Waals surface area (Å²) < 4.78 is 24.2. The number of rotatable bonds is 6. The maximum atomic E-state index is 13.4. The first-order valence-corrected chi connectivity index (χ1v) is 12.1. The van der Waals surface area contributed by atoms with Crippen LogP contribution in [-0.4, -0.2) is 45.0 Å². The standard InChI is InChI=1S/C26H20FN3O6S/c27-17-4-8-19(9-5-17)29-26-30(13-15-1-10-20-21(11-15)36-14-35-20)23(31)12-22(37-26)24(32)28-18-6-2-16(3-7-18)25(33)34/h1-11,22H,12-14H2,(H,28,32)(H,33,34)/t22-/m0/s1. The third kappa shape index (κ3) is 5.56. The number of nitrogens with zero attached hydrogens (tertiary/aromatic N) is 2. The summed E-state index contributed by atoms with van der Waals surface area (Å²) in [6.45, 7) is 0.317. The molecule has 2 aliphatic heterocycles. The highest BCUT2D eigenvalue weighted by atomic mass is 32.2. The van der Waals surface area contributed by atoms with E-state index in [0.717, 1.165) is 17.3 Å². The van der Waals surface area contributed by atoms with Crippen molar-refractivity contribution >= 4 is 46.1 Å². The smallest absolute Gasteiger partial charge is 0.335 e. The van der Waals surface area contributed by atoms with Gasteiger partial charge in [-0.15, -0.1) is 0 Å². The molecule has 0 saturated carbocycles. The molecule has 9 nitrogen and oxygen atoms in total. The minimum atomic E-state index is -1.07. The number of carboxylic acids is 1. The van der Waals surface area contributed by atoms with E-state index in [4.69, 9.17) is 14.6 Å². The van der Waals surface area contributed by atoms with Crippen molar-refractivity contribution in [2.45, 2.75) is 18.2 Å². The zero-order valence-corrected chi connectivity index (χ0v) is 20.0. The summed E-state index contributed by atoms with van der Waals surface area (Å²) in [6, 6.07) is 16.6. The number of carboxylic acid groups (broad SMARTS) is 1. The van der Waals surface area contributed by atoms with Gasteiger partial charge in [-0.1, -0.05) is 17.8 Å². The van der Waals surface area contributed by atoms with E-state index < -0.39 is 22.9 Å². The number of hydrogen-bond acceptors (Lipinski definition) is 7. The molecule has 0 radical (unpaired) electrons. The van der Waals surface area contributed by atoms with Crippen molar-refractivity contribution in [2.24, 2.45) is 4.99 Å². The summed E-state index contributed by atoms with van der Waals surface area (Å²) in [5, 5.41) is 11.3. The molecule has 1 fully saturated rings. The van der Waals surface area contributed by atoms with Gasteiger partial charge < -0.3 is 19.9 Å². The summed E-state index contributed by atoms with van der Waals surface area (Å²) >= 11 is 1.12. The van der Waals surface area contributed by atoms with Crippen LogP contribution < -0.4 is 14.8 Å². The minimum Gasteiger partial charge on any atom is -0.478 e. The van der Waals surface area contributed by atoms with Crippen molar-refractivity contribution in [1.29, 1.82) is 0 Å². The Bertz CT molecular complexity index is 1390. The highest BCUT2D eigenvalue weighted by molar-refractivity contribution is 8.15. The fraction of sp³-hybridized carbons (Fsp3) is 0.154. The Kier molecular flexibility index (Phi) is 6.78. The van der Waals surface area contributed by atoms with E-state index in [0.29, 0.717) is 28.0 Å². The van der Waals surface area contributed by atoms with Crippen molar-refractivity contribution in [1.82, 2.24) is 4.90 Å². The van der Waals surface area contributed by atoms with Crippen LogP contribution in [0.2, 0.25) is 0 Å². The second-order valence-electron chi connectivity index (χ2n) is 8.22. The molecule has 1 atom stereocenters. The molecule has 0 aromatic heterocycles. The van der Waals surface area contributed by atoms with Crippen LogP contribution in [0.15, 0.2) is 71.7 Å². The molecule has 0 aliphatic carbocycles. The van der Waals surface area contributed by atoms with Gasteiger partial charge in [-0.05, 0) is 66.2 Å². The Labute approximate surface area is 214 Å². The molecule has 1 saturated heterocycles. The summed E-state index contributed by atoms with van der Waals surface area (Å²) in [7, 11) is 0. The predicted molar refractivity (Wildman–Crippen MR) is 135 cm³/mol. The van der Waals surface area contributed by atoms with Crippen LogP contribution in [0.25, 0.3) is 0 Å². The molecule has 5 rings (SSSR count). The van der Waals surface area contributed by atoms with Crippen LogP contribution in [0.3, 0.4) is 0 Å². The van der Waals surface area contributed by atoms with Crippen LogP contribution in [-0.2, 0) is 16.1 Å². The number of anilines is 1. The fourth-order valence-electron chi connectivity index (χ4n) is 3.76. The Hall–Kier alpha value is -4.38. The molecule has 3 aromatic rings. The van der Waals surface area contributed by atoms with Crippen LogP contribution in [0, 0.1) is 5.82 Å². The number of ether oxygens (including phenoxy) is 2. The number of aliphatic imine (C=N–C) groups is 1. The van der Waals surface area contributed by atoms with Crippen molar-refractivity contribution in [3.05, 3.63) is 83.7 Å². The number of nitrogens with one attached hydrogen (secondary N) is 1. The summed E-state index contributed by atoms with van der Waals surface area (Å²) in [6.07, 6.45) is -0.0727. The first-order valence-electron chi connectivity index (χ1n) is 11.2. The van der Waals surface area contributed by atoms with E-state index in [-0.39, 0.29) is 31.2 Å². The second-order valence-corrected chi connectivity index (χ2v) is 9.39. The minimum absolute atomic E-state index is 0.0727. The number of aromatic carboxylic acids is 1. The third-order valence-electron chi connectivity index (χ3n) is 5.66. The van der Waals surface area contributed by atoms with E-state index in [1.165, 1.54) is 53.4 Å². The molecule has 2 N–H and O–H groups in total. The van der Waals surface area contributed by atoms with E-state index in [2.05, 4.69) is 10.3 Å². The highest BCUT2D eigenvalue weighted by Gasteiger charge is 2.36. The van der Waals surface area contributed by atoms with Gasteiger partial charge in [0, 0.05) is 12.1 Å². The molecule has 3 aromatic carbocycles. The quantitative estimate of drug-likeness (QED) is 0.493. The summed E-state index contributed by atoms with van der Waals surface area (Å²) in [5.74, 6) is -1.01. The van der Waals surface area contributed by atoms with Gasteiger partial charge in [-0.25, -0.2) is 14.2 Å². The zero-order valence-electron chi connectivity index (χ0n) is 19.2. The van der Waals surface area contributed by atoms with Crippen LogP contribution >= 0.6 is 11.8 Å². The van der Waals surface area contributed by atoms with Crippen LogP contribution in [0.1, 0.15) is 22.3 Å². The SMILES string of the molecule is O=C(O)c1ccc(NC(=O)[C@@H]2CC(=O)N(Cc3ccc4c(c3)OCO4)C(=Nc3ccc(F)cc3)S2)cc1. The van der Waals surface area contributed by atoms with Gasteiger partial charge in [0.25, 0.3) is 0 Å².